The van der Waals surface area contributed by atoms with E-state index in [0.29, 0.717) is 18.9 Å². The minimum atomic E-state index is -0.714. The highest BCUT2D eigenvalue weighted by Crippen LogP contribution is 2.43. The number of carbonyl (C=O) groups is 1. The van der Waals surface area contributed by atoms with Gasteiger partial charge >= 0.3 is 0 Å². The molecule has 0 bridgehead atoms. The van der Waals surface area contributed by atoms with E-state index in [0.717, 1.165) is 39.0 Å². The molecule has 0 aromatic rings. The number of nitrogens with two attached hydrogens (primary N) is 1. The van der Waals surface area contributed by atoms with Crippen molar-refractivity contribution in [2.75, 3.05) is 26.2 Å². The summed E-state index contributed by atoms with van der Waals surface area (Å²) in [5.41, 5.74) is 5.07. The Hall–Kier alpha value is -1.30. The van der Waals surface area contributed by atoms with Gasteiger partial charge in [0, 0.05) is 19.1 Å². The molecule has 2 aliphatic heterocycles. The van der Waals surface area contributed by atoms with Gasteiger partial charge < -0.3 is 15.8 Å². The summed E-state index contributed by atoms with van der Waals surface area (Å²) in [6.07, 6.45) is 6.01. The van der Waals surface area contributed by atoms with E-state index in [9.17, 15) is 4.79 Å². The highest BCUT2D eigenvalue weighted by atomic mass is 16.4. The third kappa shape index (κ3) is 2.06. The van der Waals surface area contributed by atoms with Gasteiger partial charge in [0.1, 0.15) is 5.41 Å². The third-order valence-electron chi connectivity index (χ3n) is 5.32. The van der Waals surface area contributed by atoms with Gasteiger partial charge in [-0.05, 0) is 45.2 Å². The Morgan fingerprint density at radius 2 is 1.90 bits per heavy atom. The Morgan fingerprint density at radius 1 is 1.20 bits per heavy atom. The van der Waals surface area contributed by atoms with Gasteiger partial charge in [-0.25, -0.2) is 0 Å². The molecule has 0 aromatic carbocycles. The molecular formula is C14H24N4O2. The van der Waals surface area contributed by atoms with Crippen LogP contribution in [0, 0.1) is 5.41 Å². The summed E-state index contributed by atoms with van der Waals surface area (Å²) in [6.45, 7) is 3.94. The van der Waals surface area contributed by atoms with E-state index in [1.54, 1.807) is 0 Å². The van der Waals surface area contributed by atoms with Crippen LogP contribution in [0.5, 0.6) is 0 Å². The molecule has 1 atom stereocenters. The first-order valence-corrected chi connectivity index (χ1v) is 7.69. The van der Waals surface area contributed by atoms with Crippen molar-refractivity contribution in [1.82, 2.24) is 9.80 Å². The average Bonchev–Trinajstić information content (AvgIpc) is 3.07. The van der Waals surface area contributed by atoms with Crippen LogP contribution < -0.4 is 5.73 Å². The smallest absolute Gasteiger partial charge is 0.236 e. The van der Waals surface area contributed by atoms with Crippen molar-refractivity contribution in [3.63, 3.8) is 0 Å². The summed E-state index contributed by atoms with van der Waals surface area (Å²) in [4.78, 5) is 17.2. The Labute approximate surface area is 119 Å². The standard InChI is InChI=1S/C14H24N4O2/c15-12(16-20)14(5-3-6-14)13(19)18-9-4-11(10-18)17-7-1-2-8-17/h11,20H,1-10H2,(H2,15,16). The molecule has 20 heavy (non-hydrogen) atoms. The van der Waals surface area contributed by atoms with Crippen LogP contribution >= 0.6 is 0 Å². The highest BCUT2D eigenvalue weighted by Gasteiger charge is 2.51. The average molecular weight is 280 g/mol. The maximum absolute atomic E-state index is 12.7. The topological polar surface area (TPSA) is 82.2 Å². The second kappa shape index (κ2) is 5.24. The second-order valence-corrected chi connectivity index (χ2v) is 6.36. The maximum atomic E-state index is 12.7. The van der Waals surface area contributed by atoms with Crippen molar-refractivity contribution in [2.45, 2.75) is 44.6 Å². The van der Waals surface area contributed by atoms with E-state index in [1.165, 1.54) is 12.8 Å². The predicted octanol–water partition coefficient (Wildman–Crippen LogP) is 0.600. The summed E-state index contributed by atoms with van der Waals surface area (Å²) in [5.74, 6) is 0.166. The molecule has 112 valence electrons. The molecule has 0 aromatic heterocycles. The molecule has 1 amide bonds. The lowest BCUT2D eigenvalue weighted by molar-refractivity contribution is -0.141. The molecule has 1 unspecified atom stereocenters. The van der Waals surface area contributed by atoms with Crippen LogP contribution in [0.25, 0.3) is 0 Å². The lowest BCUT2D eigenvalue weighted by Crippen LogP contribution is -2.55. The van der Waals surface area contributed by atoms with Crippen LogP contribution in [0.15, 0.2) is 5.16 Å². The van der Waals surface area contributed by atoms with Crippen molar-refractivity contribution in [3.05, 3.63) is 0 Å². The van der Waals surface area contributed by atoms with Crippen LogP contribution in [-0.2, 0) is 4.79 Å². The van der Waals surface area contributed by atoms with Crippen molar-refractivity contribution < 1.29 is 10.0 Å². The summed E-state index contributed by atoms with van der Waals surface area (Å²) < 4.78 is 0. The predicted molar refractivity (Wildman–Crippen MR) is 75.5 cm³/mol. The summed E-state index contributed by atoms with van der Waals surface area (Å²) >= 11 is 0. The molecule has 6 heteroatoms. The van der Waals surface area contributed by atoms with Gasteiger partial charge in [0.05, 0.1) is 0 Å². The van der Waals surface area contributed by atoms with Crippen molar-refractivity contribution in [1.29, 1.82) is 0 Å². The molecule has 6 nitrogen and oxygen atoms in total. The summed E-state index contributed by atoms with van der Waals surface area (Å²) in [5, 5.41) is 12.0. The Kier molecular flexibility index (Phi) is 3.58. The van der Waals surface area contributed by atoms with Gasteiger partial charge in [-0.15, -0.1) is 0 Å². The number of oxime groups is 1. The van der Waals surface area contributed by atoms with Crippen molar-refractivity contribution in [2.24, 2.45) is 16.3 Å². The zero-order valence-corrected chi connectivity index (χ0v) is 11.9. The van der Waals surface area contributed by atoms with Gasteiger partial charge in [0.2, 0.25) is 5.91 Å². The third-order valence-corrected chi connectivity index (χ3v) is 5.32. The van der Waals surface area contributed by atoms with E-state index in [4.69, 9.17) is 10.9 Å². The lowest BCUT2D eigenvalue weighted by atomic mass is 9.67. The second-order valence-electron chi connectivity index (χ2n) is 6.36. The van der Waals surface area contributed by atoms with Crippen LogP contribution in [-0.4, -0.2) is 59.0 Å². The first-order valence-electron chi connectivity index (χ1n) is 7.69. The molecular weight excluding hydrogens is 256 g/mol. The molecule has 0 spiro atoms. The molecule has 2 saturated heterocycles. The van der Waals surface area contributed by atoms with Gasteiger partial charge in [0.25, 0.3) is 0 Å². The zero-order chi connectivity index (χ0) is 14.2. The molecule has 0 radical (unpaired) electrons. The molecule has 1 saturated carbocycles. The molecule has 3 fully saturated rings. The van der Waals surface area contributed by atoms with Gasteiger partial charge in [-0.2, -0.15) is 0 Å². The minimum Gasteiger partial charge on any atom is -0.409 e. The minimum absolute atomic E-state index is 0.0701. The molecule has 1 aliphatic carbocycles. The largest absolute Gasteiger partial charge is 0.409 e. The summed E-state index contributed by atoms with van der Waals surface area (Å²) in [6, 6.07) is 0.505. The highest BCUT2D eigenvalue weighted by molar-refractivity contribution is 6.07. The number of amides is 1. The molecule has 2 heterocycles. The van der Waals surface area contributed by atoms with Crippen molar-refractivity contribution >= 4 is 11.7 Å². The number of hydrogen-bond donors (Lipinski definition) is 2. The first kappa shape index (κ1) is 13.7. The Bertz CT molecular complexity index is 413. The van der Waals surface area contributed by atoms with E-state index in [2.05, 4.69) is 10.1 Å². The first-order chi connectivity index (χ1) is 9.67. The quantitative estimate of drug-likeness (QED) is 0.343. The molecule has 3 N–H and O–H groups in total. The lowest BCUT2D eigenvalue weighted by Gasteiger charge is -2.41. The number of rotatable bonds is 3. The van der Waals surface area contributed by atoms with Gasteiger partial charge in [-0.1, -0.05) is 11.6 Å². The molecule has 3 aliphatic rings. The van der Waals surface area contributed by atoms with E-state index in [1.807, 2.05) is 4.90 Å². The normalized spacial score (nSPS) is 30.5. The fourth-order valence-corrected chi connectivity index (χ4v) is 3.84. The van der Waals surface area contributed by atoms with Crippen LogP contribution in [0.4, 0.5) is 0 Å². The Balaban J connectivity index is 1.66. The van der Waals surface area contributed by atoms with Crippen LogP contribution in [0.2, 0.25) is 0 Å². The van der Waals surface area contributed by atoms with Crippen LogP contribution in [0.1, 0.15) is 38.5 Å². The number of likely N-dealkylation sites (tertiary alicyclic amines) is 2. The Morgan fingerprint density at radius 3 is 2.45 bits per heavy atom. The van der Waals surface area contributed by atoms with Crippen molar-refractivity contribution in [3.8, 4) is 0 Å². The van der Waals surface area contributed by atoms with E-state index >= 15 is 0 Å². The number of amidine groups is 1. The fraction of sp³-hybridized carbons (Fsp3) is 0.857. The molecule has 3 rings (SSSR count). The SMILES string of the molecule is NC(=NO)C1(C(=O)N2CCC(N3CCCC3)C2)CCC1. The maximum Gasteiger partial charge on any atom is 0.236 e. The summed E-state index contributed by atoms with van der Waals surface area (Å²) in [7, 11) is 0. The van der Waals surface area contributed by atoms with Crippen LogP contribution in [0.3, 0.4) is 0 Å². The number of hydrogen-bond acceptors (Lipinski definition) is 4. The number of carbonyl (C=O) groups excluding carboxylic acids is 1. The zero-order valence-electron chi connectivity index (χ0n) is 11.9. The fourth-order valence-electron chi connectivity index (χ4n) is 3.84. The monoisotopic (exact) mass is 280 g/mol. The van der Waals surface area contributed by atoms with E-state index < -0.39 is 5.41 Å². The van der Waals surface area contributed by atoms with Gasteiger partial charge in [-0.3, -0.25) is 9.69 Å². The number of nitrogens with zero attached hydrogens (tertiary/aromatic N) is 3. The van der Waals surface area contributed by atoms with Gasteiger partial charge in [0.15, 0.2) is 5.84 Å². The van der Waals surface area contributed by atoms with E-state index in [-0.39, 0.29) is 11.7 Å².